The molecule has 0 fully saturated rings. The zero-order chi connectivity index (χ0) is 13.4. The topological polar surface area (TPSA) is 42.2 Å². The van der Waals surface area contributed by atoms with Crippen molar-refractivity contribution in [1.29, 1.82) is 0 Å². The molecule has 0 saturated carbocycles. The Hall–Kier alpha value is -0.670. The summed E-state index contributed by atoms with van der Waals surface area (Å²) in [6.07, 6.45) is 0. The van der Waals surface area contributed by atoms with Crippen LogP contribution in [-0.4, -0.2) is 18.1 Å². The van der Waals surface area contributed by atoms with Crippen LogP contribution in [0.15, 0.2) is 6.07 Å². The van der Waals surface area contributed by atoms with Crippen LogP contribution in [-0.2, 0) is 0 Å². The lowest BCUT2D eigenvalue weighted by Gasteiger charge is -2.36. The van der Waals surface area contributed by atoms with Gasteiger partial charge in [0.25, 0.3) is 0 Å². The van der Waals surface area contributed by atoms with E-state index < -0.39 is 0 Å². The Morgan fingerprint density at radius 1 is 1.29 bits per heavy atom. The number of halogens is 2. The Balaban J connectivity index is 3.13. The number of aromatic nitrogens is 1. The highest BCUT2D eigenvalue weighted by Crippen LogP contribution is 2.33. The van der Waals surface area contributed by atoms with E-state index in [1.54, 1.807) is 6.07 Å². The third kappa shape index (κ3) is 3.17. The predicted octanol–water partition coefficient (Wildman–Crippen LogP) is 3.84. The van der Waals surface area contributed by atoms with Gasteiger partial charge < -0.3 is 10.6 Å². The van der Waals surface area contributed by atoms with E-state index in [0.29, 0.717) is 21.7 Å². The molecule has 1 rings (SSSR count). The van der Waals surface area contributed by atoms with E-state index in [-0.39, 0.29) is 11.5 Å². The van der Waals surface area contributed by atoms with Crippen molar-refractivity contribution in [2.45, 2.75) is 33.7 Å². The number of anilines is 2. The fourth-order valence-corrected chi connectivity index (χ4v) is 1.97. The quantitative estimate of drug-likeness (QED) is 0.892. The molecular weight excluding hydrogens is 257 g/mol. The van der Waals surface area contributed by atoms with Crippen LogP contribution in [0.5, 0.6) is 0 Å². The van der Waals surface area contributed by atoms with Gasteiger partial charge in [-0.3, -0.25) is 0 Å². The molecule has 0 radical (unpaired) electrons. The summed E-state index contributed by atoms with van der Waals surface area (Å²) in [6.45, 7) is 8.63. The van der Waals surface area contributed by atoms with Gasteiger partial charge in [-0.2, -0.15) is 0 Å². The van der Waals surface area contributed by atoms with Crippen molar-refractivity contribution < 1.29 is 0 Å². The van der Waals surface area contributed by atoms with Gasteiger partial charge in [-0.05, 0) is 18.4 Å². The molecule has 96 valence electrons. The van der Waals surface area contributed by atoms with E-state index in [4.69, 9.17) is 28.9 Å². The average Bonchev–Trinajstić information content (AvgIpc) is 2.20. The smallest absolute Gasteiger partial charge is 0.149 e. The van der Waals surface area contributed by atoms with Crippen molar-refractivity contribution in [3.8, 4) is 0 Å². The molecular formula is C12H19Cl2N3. The second-order valence-electron chi connectivity index (χ2n) is 5.31. The third-order valence-electron chi connectivity index (χ3n) is 3.11. The van der Waals surface area contributed by atoms with Gasteiger partial charge in [0, 0.05) is 13.1 Å². The largest absolute Gasteiger partial charge is 0.382 e. The lowest BCUT2D eigenvalue weighted by Crippen LogP contribution is -2.40. The molecule has 0 saturated heterocycles. The highest BCUT2D eigenvalue weighted by atomic mass is 35.5. The molecule has 2 N–H and O–H groups in total. The maximum absolute atomic E-state index is 6.15. The van der Waals surface area contributed by atoms with E-state index in [1.807, 2.05) is 11.9 Å². The second kappa shape index (κ2) is 4.91. The maximum atomic E-state index is 6.15. The van der Waals surface area contributed by atoms with Crippen molar-refractivity contribution in [1.82, 2.24) is 4.98 Å². The van der Waals surface area contributed by atoms with Gasteiger partial charge in [-0.1, -0.05) is 44.0 Å². The summed E-state index contributed by atoms with van der Waals surface area (Å²) < 4.78 is 0. The number of rotatable bonds is 2. The standard InChI is InChI=1S/C12H19Cl2N3/c1-7(12(2,3)4)17(5)11-9(14)6-8(13)10(15)16-11/h6-7H,1-5H3,(H2,15,16). The molecule has 1 unspecified atom stereocenters. The monoisotopic (exact) mass is 275 g/mol. The van der Waals surface area contributed by atoms with Crippen LogP contribution in [0.4, 0.5) is 11.6 Å². The number of nitrogen functional groups attached to an aromatic ring is 1. The molecule has 3 nitrogen and oxygen atoms in total. The average molecular weight is 276 g/mol. The summed E-state index contributed by atoms with van der Waals surface area (Å²) in [5, 5.41) is 0.901. The predicted molar refractivity (Wildman–Crippen MR) is 76.0 cm³/mol. The molecule has 0 aliphatic heterocycles. The maximum Gasteiger partial charge on any atom is 0.149 e. The molecule has 1 aromatic heterocycles. The number of nitrogens with two attached hydrogens (primary N) is 1. The van der Waals surface area contributed by atoms with E-state index in [2.05, 4.69) is 32.7 Å². The van der Waals surface area contributed by atoms with Crippen LogP contribution < -0.4 is 10.6 Å². The van der Waals surface area contributed by atoms with Gasteiger partial charge in [-0.15, -0.1) is 0 Å². The molecule has 0 amide bonds. The van der Waals surface area contributed by atoms with Crippen molar-refractivity contribution in [3.63, 3.8) is 0 Å². The zero-order valence-electron chi connectivity index (χ0n) is 10.9. The molecule has 0 aromatic carbocycles. The van der Waals surface area contributed by atoms with Crippen LogP contribution in [0.3, 0.4) is 0 Å². The first-order valence-electron chi connectivity index (χ1n) is 5.49. The van der Waals surface area contributed by atoms with Crippen LogP contribution >= 0.6 is 23.2 Å². The Morgan fingerprint density at radius 2 is 1.82 bits per heavy atom. The minimum absolute atomic E-state index is 0.119. The Labute approximate surface area is 113 Å². The molecule has 0 aliphatic carbocycles. The fraction of sp³-hybridized carbons (Fsp3) is 0.583. The summed E-state index contributed by atoms with van der Waals surface area (Å²) in [4.78, 5) is 6.27. The van der Waals surface area contributed by atoms with Gasteiger partial charge >= 0.3 is 0 Å². The third-order valence-corrected chi connectivity index (χ3v) is 3.69. The van der Waals surface area contributed by atoms with Crippen LogP contribution in [0.2, 0.25) is 10.0 Å². The van der Waals surface area contributed by atoms with E-state index in [0.717, 1.165) is 0 Å². The minimum Gasteiger partial charge on any atom is -0.382 e. The molecule has 17 heavy (non-hydrogen) atoms. The number of pyridine rings is 1. The molecule has 1 aromatic rings. The summed E-state index contributed by atoms with van der Waals surface area (Å²) >= 11 is 12.0. The summed E-state index contributed by atoms with van der Waals surface area (Å²) in [6, 6.07) is 1.90. The minimum atomic E-state index is 0.119. The summed E-state index contributed by atoms with van der Waals surface area (Å²) in [5.74, 6) is 0.968. The number of hydrogen-bond donors (Lipinski definition) is 1. The Kier molecular flexibility index (Phi) is 4.15. The highest BCUT2D eigenvalue weighted by Gasteiger charge is 2.26. The van der Waals surface area contributed by atoms with Gasteiger partial charge in [-0.25, -0.2) is 4.98 Å². The Bertz CT molecular complexity index is 413. The first-order chi connectivity index (χ1) is 7.64. The fourth-order valence-electron chi connectivity index (χ4n) is 1.48. The normalized spacial score (nSPS) is 13.6. The molecule has 0 spiro atoms. The first kappa shape index (κ1) is 14.4. The zero-order valence-corrected chi connectivity index (χ0v) is 12.4. The first-order valence-corrected chi connectivity index (χ1v) is 6.24. The van der Waals surface area contributed by atoms with Gasteiger partial charge in [0.1, 0.15) is 11.6 Å². The lowest BCUT2D eigenvalue weighted by atomic mass is 9.87. The number of hydrogen-bond acceptors (Lipinski definition) is 3. The molecule has 0 bridgehead atoms. The second-order valence-corrected chi connectivity index (χ2v) is 6.13. The van der Waals surface area contributed by atoms with Crippen molar-refractivity contribution in [2.75, 3.05) is 17.7 Å². The van der Waals surface area contributed by atoms with Crippen molar-refractivity contribution in [3.05, 3.63) is 16.1 Å². The SMILES string of the molecule is CC(N(C)c1nc(N)c(Cl)cc1Cl)C(C)(C)C. The van der Waals surface area contributed by atoms with E-state index in [9.17, 15) is 0 Å². The molecule has 5 heteroatoms. The summed E-state index contributed by atoms with van der Waals surface area (Å²) in [5.41, 5.74) is 5.83. The Morgan fingerprint density at radius 3 is 2.29 bits per heavy atom. The van der Waals surface area contributed by atoms with E-state index in [1.165, 1.54) is 0 Å². The van der Waals surface area contributed by atoms with Crippen LogP contribution in [0, 0.1) is 5.41 Å². The molecule has 1 atom stereocenters. The van der Waals surface area contributed by atoms with Crippen LogP contribution in [0.1, 0.15) is 27.7 Å². The van der Waals surface area contributed by atoms with Gasteiger partial charge in [0.05, 0.1) is 10.0 Å². The molecule has 0 aliphatic rings. The highest BCUT2D eigenvalue weighted by molar-refractivity contribution is 6.37. The summed E-state index contributed by atoms with van der Waals surface area (Å²) in [7, 11) is 1.96. The van der Waals surface area contributed by atoms with Gasteiger partial charge in [0.2, 0.25) is 0 Å². The lowest BCUT2D eigenvalue weighted by molar-refractivity contribution is 0.328. The van der Waals surface area contributed by atoms with Gasteiger partial charge in [0.15, 0.2) is 0 Å². The molecule has 1 heterocycles. The van der Waals surface area contributed by atoms with Crippen LogP contribution in [0.25, 0.3) is 0 Å². The van der Waals surface area contributed by atoms with E-state index >= 15 is 0 Å². The van der Waals surface area contributed by atoms with Crippen molar-refractivity contribution >= 4 is 34.8 Å². The van der Waals surface area contributed by atoms with Crippen molar-refractivity contribution in [2.24, 2.45) is 5.41 Å². The number of nitrogens with zero attached hydrogens (tertiary/aromatic N) is 2.